The van der Waals surface area contributed by atoms with Crippen LogP contribution in [0.15, 0.2) is 52.4 Å². The average Bonchev–Trinajstić information content (AvgIpc) is 2.97. The maximum absolute atomic E-state index is 12.9. The zero-order chi connectivity index (χ0) is 20.3. The number of carbonyl (C=O) groups excluding carboxylic acids is 1. The lowest BCUT2D eigenvalue weighted by molar-refractivity contribution is -0.120. The second-order valence-electron chi connectivity index (χ2n) is 5.60. The SMILES string of the molecule is C#CCn1c(=NC(=O)COc2ccc(F)cc2)sc2cc(S(N)(=O)=O)ccc21. The lowest BCUT2D eigenvalue weighted by Gasteiger charge is -2.03. The Balaban J connectivity index is 1.93. The number of hydrogen-bond donors (Lipinski definition) is 1. The van der Waals surface area contributed by atoms with E-state index >= 15 is 0 Å². The predicted octanol–water partition coefficient (Wildman–Crippen LogP) is 1.63. The minimum absolute atomic E-state index is 0.0494. The standard InChI is InChI=1S/C18H14FN3O4S2/c1-2-9-22-15-8-7-14(28(20,24)25)10-16(15)27-18(22)21-17(23)11-26-13-5-3-12(19)4-6-13/h1,3-8,10H,9,11H2,(H2,20,24,25). The van der Waals surface area contributed by atoms with Gasteiger partial charge in [0.15, 0.2) is 11.4 Å². The lowest BCUT2D eigenvalue weighted by atomic mass is 10.3. The van der Waals surface area contributed by atoms with E-state index in [1.165, 1.54) is 36.4 Å². The first kappa shape index (κ1) is 19.8. The van der Waals surface area contributed by atoms with Gasteiger partial charge in [-0.05, 0) is 42.5 Å². The molecule has 0 spiro atoms. The summed E-state index contributed by atoms with van der Waals surface area (Å²) >= 11 is 1.10. The van der Waals surface area contributed by atoms with Crippen molar-refractivity contribution in [3.05, 3.63) is 53.1 Å². The van der Waals surface area contributed by atoms with Gasteiger partial charge in [0.1, 0.15) is 11.6 Å². The van der Waals surface area contributed by atoms with Gasteiger partial charge in [0, 0.05) is 0 Å². The Hall–Kier alpha value is -3.00. The number of ether oxygens (including phenoxy) is 1. The average molecular weight is 419 g/mol. The number of rotatable bonds is 5. The molecule has 0 fully saturated rings. The second-order valence-corrected chi connectivity index (χ2v) is 8.17. The van der Waals surface area contributed by atoms with E-state index in [0.29, 0.717) is 20.8 Å². The van der Waals surface area contributed by atoms with E-state index < -0.39 is 21.7 Å². The fourth-order valence-corrected chi connectivity index (χ4v) is 4.08. The van der Waals surface area contributed by atoms with E-state index in [1.54, 1.807) is 10.6 Å². The van der Waals surface area contributed by atoms with Crippen LogP contribution in [0, 0.1) is 18.2 Å². The van der Waals surface area contributed by atoms with Gasteiger partial charge < -0.3 is 9.30 Å². The zero-order valence-corrected chi connectivity index (χ0v) is 16.0. The van der Waals surface area contributed by atoms with Crippen LogP contribution < -0.4 is 14.7 Å². The minimum atomic E-state index is -3.86. The van der Waals surface area contributed by atoms with Crippen molar-refractivity contribution in [3.63, 3.8) is 0 Å². The lowest BCUT2D eigenvalue weighted by Crippen LogP contribution is -2.19. The van der Waals surface area contributed by atoms with E-state index in [1.807, 2.05) is 0 Å². The highest BCUT2D eigenvalue weighted by Crippen LogP contribution is 2.21. The number of terminal acetylenes is 1. The molecular weight excluding hydrogens is 405 g/mol. The number of sulfonamides is 1. The first-order valence-corrected chi connectivity index (χ1v) is 10.2. The number of hydrogen-bond acceptors (Lipinski definition) is 5. The normalized spacial score (nSPS) is 12.1. The molecule has 7 nitrogen and oxygen atoms in total. The summed E-state index contributed by atoms with van der Waals surface area (Å²) in [5, 5.41) is 5.16. The molecule has 0 atom stereocenters. The third kappa shape index (κ3) is 4.45. The fraction of sp³-hybridized carbons (Fsp3) is 0.111. The van der Waals surface area contributed by atoms with Gasteiger partial charge in [-0.3, -0.25) is 4.79 Å². The van der Waals surface area contributed by atoms with Gasteiger partial charge in [-0.1, -0.05) is 17.3 Å². The summed E-state index contributed by atoms with van der Waals surface area (Å²) in [6.45, 7) is -0.210. The summed E-state index contributed by atoms with van der Waals surface area (Å²) in [6, 6.07) is 9.55. The molecule has 1 aromatic heterocycles. The molecule has 144 valence electrons. The molecule has 1 heterocycles. The fourth-order valence-electron chi connectivity index (χ4n) is 2.37. The highest BCUT2D eigenvalue weighted by Gasteiger charge is 2.13. The Labute approximate surface area is 164 Å². The van der Waals surface area contributed by atoms with E-state index in [4.69, 9.17) is 16.3 Å². The van der Waals surface area contributed by atoms with E-state index in [-0.39, 0.29) is 18.0 Å². The van der Waals surface area contributed by atoms with Crippen LogP contribution in [0.1, 0.15) is 0 Å². The second kappa shape index (κ2) is 7.93. The van der Waals surface area contributed by atoms with Crippen LogP contribution >= 0.6 is 11.3 Å². The van der Waals surface area contributed by atoms with Crippen LogP contribution in [-0.4, -0.2) is 25.5 Å². The van der Waals surface area contributed by atoms with Crippen LogP contribution in [-0.2, 0) is 21.4 Å². The van der Waals surface area contributed by atoms with Crippen LogP contribution in [0.5, 0.6) is 5.75 Å². The molecule has 28 heavy (non-hydrogen) atoms. The third-order valence-corrected chi connectivity index (χ3v) is 5.58. The van der Waals surface area contributed by atoms with Crippen LogP contribution in [0.3, 0.4) is 0 Å². The smallest absolute Gasteiger partial charge is 0.286 e. The van der Waals surface area contributed by atoms with Crippen LogP contribution in [0.2, 0.25) is 0 Å². The number of amides is 1. The van der Waals surface area contributed by atoms with Crippen LogP contribution in [0.25, 0.3) is 10.2 Å². The summed E-state index contributed by atoms with van der Waals surface area (Å²) in [7, 11) is -3.86. The van der Waals surface area contributed by atoms with Crippen molar-refractivity contribution in [2.45, 2.75) is 11.4 Å². The number of carbonyl (C=O) groups is 1. The molecule has 3 aromatic rings. The summed E-state index contributed by atoms with van der Waals surface area (Å²) in [4.78, 5) is 16.4. The molecule has 0 bridgehead atoms. The number of fused-ring (bicyclic) bond motifs is 1. The summed E-state index contributed by atoms with van der Waals surface area (Å²) in [5.41, 5.74) is 0.626. The summed E-state index contributed by atoms with van der Waals surface area (Å²) in [6.07, 6.45) is 5.39. The highest BCUT2D eigenvalue weighted by atomic mass is 32.2. The Morgan fingerprint density at radius 1 is 1.29 bits per heavy atom. The molecule has 0 aliphatic carbocycles. The van der Waals surface area contributed by atoms with Crippen molar-refractivity contribution < 1.29 is 22.3 Å². The van der Waals surface area contributed by atoms with Gasteiger partial charge in [0.25, 0.3) is 5.91 Å². The molecular formula is C18H14FN3O4S2. The van der Waals surface area contributed by atoms with Crippen molar-refractivity contribution in [1.82, 2.24) is 4.57 Å². The number of benzene rings is 2. The highest BCUT2D eigenvalue weighted by molar-refractivity contribution is 7.89. The predicted molar refractivity (Wildman–Crippen MR) is 102 cm³/mol. The Morgan fingerprint density at radius 2 is 2.00 bits per heavy atom. The van der Waals surface area contributed by atoms with Crippen molar-refractivity contribution in [1.29, 1.82) is 0 Å². The quantitative estimate of drug-likeness (QED) is 0.635. The van der Waals surface area contributed by atoms with Gasteiger partial charge in [-0.25, -0.2) is 17.9 Å². The molecule has 2 N–H and O–H groups in total. The van der Waals surface area contributed by atoms with Crippen molar-refractivity contribution in [3.8, 4) is 18.1 Å². The van der Waals surface area contributed by atoms with E-state index in [2.05, 4.69) is 10.9 Å². The van der Waals surface area contributed by atoms with Gasteiger partial charge in [-0.15, -0.1) is 6.42 Å². The van der Waals surface area contributed by atoms with Gasteiger partial charge >= 0.3 is 0 Å². The van der Waals surface area contributed by atoms with Gasteiger partial charge in [-0.2, -0.15) is 4.99 Å². The molecule has 1 amide bonds. The molecule has 0 unspecified atom stereocenters. The number of primary sulfonamides is 1. The Bertz CT molecular complexity index is 1250. The molecule has 2 aromatic carbocycles. The molecule has 0 aliphatic rings. The molecule has 0 saturated heterocycles. The molecule has 0 radical (unpaired) electrons. The number of halogens is 1. The summed E-state index contributed by atoms with van der Waals surface area (Å²) < 4.78 is 43.4. The Morgan fingerprint density at radius 3 is 2.64 bits per heavy atom. The van der Waals surface area contributed by atoms with Gasteiger partial charge in [0.2, 0.25) is 10.0 Å². The molecule has 0 aliphatic heterocycles. The first-order valence-electron chi connectivity index (χ1n) is 7.83. The van der Waals surface area contributed by atoms with Crippen molar-refractivity contribution >= 4 is 37.5 Å². The monoisotopic (exact) mass is 419 g/mol. The summed E-state index contributed by atoms with van der Waals surface area (Å²) in [5.74, 6) is 1.81. The minimum Gasteiger partial charge on any atom is -0.484 e. The topological polar surface area (TPSA) is 104 Å². The Kier molecular flexibility index (Phi) is 5.60. The molecule has 0 saturated carbocycles. The number of aromatic nitrogens is 1. The van der Waals surface area contributed by atoms with Crippen molar-refractivity contribution in [2.24, 2.45) is 10.1 Å². The van der Waals surface area contributed by atoms with E-state index in [9.17, 15) is 17.6 Å². The van der Waals surface area contributed by atoms with Crippen molar-refractivity contribution in [2.75, 3.05) is 6.61 Å². The van der Waals surface area contributed by atoms with Crippen LogP contribution in [0.4, 0.5) is 4.39 Å². The number of nitrogens with zero attached hydrogens (tertiary/aromatic N) is 2. The zero-order valence-electron chi connectivity index (χ0n) is 14.3. The number of nitrogens with two attached hydrogens (primary N) is 1. The molecule has 3 rings (SSSR count). The third-order valence-electron chi connectivity index (χ3n) is 3.63. The molecule has 10 heteroatoms. The van der Waals surface area contributed by atoms with Gasteiger partial charge in [0.05, 0.1) is 21.7 Å². The largest absolute Gasteiger partial charge is 0.484 e. The number of thiazole rings is 1. The van der Waals surface area contributed by atoms with E-state index in [0.717, 1.165) is 11.3 Å². The maximum Gasteiger partial charge on any atom is 0.286 e. The first-order chi connectivity index (χ1) is 13.3. The maximum atomic E-state index is 12.9.